The third-order valence-electron chi connectivity index (χ3n) is 6.70. The summed E-state index contributed by atoms with van der Waals surface area (Å²) in [4.78, 5) is 2.36. The zero-order valence-corrected chi connectivity index (χ0v) is 22.3. The summed E-state index contributed by atoms with van der Waals surface area (Å²) in [6.45, 7) is 6.56. The molecule has 0 aliphatic heterocycles. The molecule has 0 aromatic heterocycles. The predicted octanol–water partition coefficient (Wildman–Crippen LogP) is 10.4. The van der Waals surface area contributed by atoms with E-state index in [-0.39, 0.29) is 0 Å². The smallest absolute Gasteiger partial charge is 0.0520 e. The fourth-order valence-corrected chi connectivity index (χ4v) is 4.91. The van der Waals surface area contributed by atoms with E-state index in [9.17, 15) is 0 Å². The number of anilines is 3. The molecular formula is C37H33N. The Kier molecular flexibility index (Phi) is 7.66. The van der Waals surface area contributed by atoms with Gasteiger partial charge < -0.3 is 4.90 Å². The summed E-state index contributed by atoms with van der Waals surface area (Å²) in [5, 5.41) is 0. The Morgan fingerprint density at radius 1 is 0.421 bits per heavy atom. The number of hydrogen-bond donors (Lipinski definition) is 0. The Balaban J connectivity index is 1.36. The van der Waals surface area contributed by atoms with Crippen molar-refractivity contribution in [2.45, 2.75) is 20.8 Å². The molecule has 1 heteroatoms. The van der Waals surface area contributed by atoms with E-state index in [1.54, 1.807) is 0 Å². The summed E-state index contributed by atoms with van der Waals surface area (Å²) in [6, 6.07) is 43.0. The highest BCUT2D eigenvalue weighted by Gasteiger charge is 2.16. The highest BCUT2D eigenvalue weighted by atomic mass is 15.1. The average Bonchev–Trinajstić information content (AvgIpc) is 2.95. The number of para-hydroxylation sites is 1. The van der Waals surface area contributed by atoms with E-state index in [0.29, 0.717) is 0 Å². The van der Waals surface area contributed by atoms with E-state index in [1.165, 1.54) is 44.6 Å². The van der Waals surface area contributed by atoms with Gasteiger partial charge in [0, 0.05) is 11.4 Å². The van der Waals surface area contributed by atoms with Crippen molar-refractivity contribution >= 4 is 41.4 Å². The van der Waals surface area contributed by atoms with Crippen molar-refractivity contribution in [3.05, 3.63) is 160 Å². The lowest BCUT2D eigenvalue weighted by molar-refractivity contribution is 1.20. The van der Waals surface area contributed by atoms with Crippen LogP contribution < -0.4 is 4.90 Å². The van der Waals surface area contributed by atoms with Gasteiger partial charge in [-0.1, -0.05) is 127 Å². The molecule has 0 fully saturated rings. The molecule has 0 aliphatic rings. The first-order valence-corrected chi connectivity index (χ1v) is 13.1. The maximum atomic E-state index is 2.36. The summed E-state index contributed by atoms with van der Waals surface area (Å²) in [5.41, 5.74) is 12.1. The fraction of sp³-hybridized carbons (Fsp3) is 0.0811. The molecule has 0 radical (unpaired) electrons. The normalized spacial score (nSPS) is 11.3. The number of aryl methyl sites for hydroxylation is 3. The molecule has 5 rings (SSSR count). The van der Waals surface area contributed by atoms with Crippen LogP contribution in [0.2, 0.25) is 0 Å². The zero-order chi connectivity index (χ0) is 26.3. The van der Waals surface area contributed by atoms with Gasteiger partial charge in [-0.05, 0) is 78.4 Å². The largest absolute Gasteiger partial charge is 0.310 e. The number of benzene rings is 5. The van der Waals surface area contributed by atoms with Gasteiger partial charge in [-0.2, -0.15) is 0 Å². The van der Waals surface area contributed by atoms with Crippen molar-refractivity contribution in [2.75, 3.05) is 4.90 Å². The minimum absolute atomic E-state index is 1.15. The van der Waals surface area contributed by atoms with Gasteiger partial charge in [0.2, 0.25) is 0 Å². The molecule has 0 bridgehead atoms. The quantitative estimate of drug-likeness (QED) is 0.205. The molecule has 5 aromatic rings. The van der Waals surface area contributed by atoms with Crippen molar-refractivity contribution in [3.8, 4) is 0 Å². The Morgan fingerprint density at radius 2 is 0.789 bits per heavy atom. The molecule has 0 N–H and O–H groups in total. The Bertz CT molecular complexity index is 1520. The number of rotatable bonds is 7. The van der Waals surface area contributed by atoms with Crippen molar-refractivity contribution < 1.29 is 0 Å². The third-order valence-corrected chi connectivity index (χ3v) is 6.70. The van der Waals surface area contributed by atoms with Crippen LogP contribution in [0.1, 0.15) is 38.9 Å². The lowest BCUT2D eigenvalue weighted by atomic mass is 10.0. The lowest BCUT2D eigenvalue weighted by Crippen LogP contribution is -2.13. The molecule has 0 heterocycles. The third kappa shape index (κ3) is 6.02. The van der Waals surface area contributed by atoms with Gasteiger partial charge in [-0.15, -0.1) is 0 Å². The van der Waals surface area contributed by atoms with Gasteiger partial charge >= 0.3 is 0 Å². The van der Waals surface area contributed by atoms with Crippen LogP contribution in [-0.4, -0.2) is 0 Å². The van der Waals surface area contributed by atoms with Gasteiger partial charge in [0.1, 0.15) is 0 Å². The maximum absolute atomic E-state index is 2.36. The monoisotopic (exact) mass is 491 g/mol. The van der Waals surface area contributed by atoms with Crippen LogP contribution in [0.5, 0.6) is 0 Å². The fourth-order valence-electron chi connectivity index (χ4n) is 4.91. The Labute approximate surface area is 227 Å². The van der Waals surface area contributed by atoms with Crippen LogP contribution in [0.3, 0.4) is 0 Å². The van der Waals surface area contributed by atoms with Crippen molar-refractivity contribution in [3.63, 3.8) is 0 Å². The highest BCUT2D eigenvalue weighted by molar-refractivity contribution is 5.81. The van der Waals surface area contributed by atoms with Gasteiger partial charge in [0.25, 0.3) is 0 Å². The van der Waals surface area contributed by atoms with Crippen molar-refractivity contribution in [1.29, 1.82) is 0 Å². The van der Waals surface area contributed by atoms with E-state index in [2.05, 4.69) is 165 Å². The van der Waals surface area contributed by atoms with E-state index in [0.717, 1.165) is 11.4 Å². The minimum atomic E-state index is 1.15. The minimum Gasteiger partial charge on any atom is -0.310 e. The summed E-state index contributed by atoms with van der Waals surface area (Å²) in [5.74, 6) is 0. The Morgan fingerprint density at radius 3 is 1.26 bits per heavy atom. The number of hydrogen-bond acceptors (Lipinski definition) is 1. The molecule has 0 amide bonds. The second-order valence-corrected chi connectivity index (χ2v) is 9.75. The van der Waals surface area contributed by atoms with Crippen LogP contribution in [0.25, 0.3) is 24.3 Å². The molecule has 0 atom stereocenters. The first-order chi connectivity index (χ1) is 18.6. The van der Waals surface area contributed by atoms with Crippen LogP contribution in [0.15, 0.2) is 121 Å². The average molecular weight is 492 g/mol. The second-order valence-electron chi connectivity index (χ2n) is 9.75. The number of nitrogens with zero attached hydrogens (tertiary/aromatic N) is 1. The van der Waals surface area contributed by atoms with Crippen LogP contribution in [-0.2, 0) is 0 Å². The molecule has 5 aromatic carbocycles. The highest BCUT2D eigenvalue weighted by Crippen LogP contribution is 2.39. The topological polar surface area (TPSA) is 3.24 Å². The first-order valence-electron chi connectivity index (χ1n) is 13.1. The van der Waals surface area contributed by atoms with Crippen molar-refractivity contribution in [1.82, 2.24) is 0 Å². The molecule has 0 spiro atoms. The molecule has 0 aliphatic carbocycles. The summed E-state index contributed by atoms with van der Waals surface area (Å²) in [6.07, 6.45) is 8.64. The maximum Gasteiger partial charge on any atom is 0.0520 e. The molecule has 0 saturated carbocycles. The van der Waals surface area contributed by atoms with E-state index in [4.69, 9.17) is 0 Å². The van der Waals surface area contributed by atoms with E-state index < -0.39 is 0 Å². The molecule has 186 valence electrons. The SMILES string of the molecule is Cc1cc(C)c(N(c2ccccc2)c2ccc(/C=C/c3ccc(/C=C/c4ccccc4)cc3)cc2)c(C)c1. The molecule has 1 nitrogen and oxygen atoms in total. The first kappa shape index (κ1) is 25.0. The van der Waals surface area contributed by atoms with Gasteiger partial charge in [-0.3, -0.25) is 0 Å². The summed E-state index contributed by atoms with van der Waals surface area (Å²) >= 11 is 0. The summed E-state index contributed by atoms with van der Waals surface area (Å²) < 4.78 is 0. The van der Waals surface area contributed by atoms with Crippen molar-refractivity contribution in [2.24, 2.45) is 0 Å². The molecule has 0 saturated heterocycles. The molecular weight excluding hydrogens is 458 g/mol. The second kappa shape index (κ2) is 11.6. The van der Waals surface area contributed by atoms with Crippen LogP contribution in [0, 0.1) is 20.8 Å². The predicted molar refractivity (Wildman–Crippen MR) is 166 cm³/mol. The van der Waals surface area contributed by atoms with E-state index in [1.807, 2.05) is 6.07 Å². The van der Waals surface area contributed by atoms with Gasteiger partial charge in [-0.25, -0.2) is 0 Å². The van der Waals surface area contributed by atoms with Crippen LogP contribution >= 0.6 is 0 Å². The Hall–Kier alpha value is -4.62. The molecule has 0 unspecified atom stereocenters. The standard InChI is InChI=1S/C37H33N/c1-28-26-29(2)37(30(3)27-28)38(35-12-8-5-9-13-35)36-24-22-34(23-25-36)21-20-33-18-16-32(17-19-33)15-14-31-10-6-4-7-11-31/h4-27H,1-3H3/b15-14+,21-20+. The summed E-state index contributed by atoms with van der Waals surface area (Å²) in [7, 11) is 0. The van der Waals surface area contributed by atoms with E-state index >= 15 is 0 Å². The molecule has 38 heavy (non-hydrogen) atoms. The van der Waals surface area contributed by atoms with Gasteiger partial charge in [0.15, 0.2) is 0 Å². The zero-order valence-electron chi connectivity index (χ0n) is 22.3. The van der Waals surface area contributed by atoms with Crippen LogP contribution in [0.4, 0.5) is 17.1 Å². The van der Waals surface area contributed by atoms with Gasteiger partial charge in [0.05, 0.1) is 5.69 Å². The lowest BCUT2D eigenvalue weighted by Gasteiger charge is -2.29.